The van der Waals surface area contributed by atoms with E-state index in [1.807, 2.05) is 24.3 Å². The van der Waals surface area contributed by atoms with E-state index >= 15 is 0 Å². The molecule has 0 unspecified atom stereocenters. The Morgan fingerprint density at radius 3 is 2.57 bits per heavy atom. The summed E-state index contributed by atoms with van der Waals surface area (Å²) in [6.07, 6.45) is 0. The van der Waals surface area contributed by atoms with Gasteiger partial charge in [-0.2, -0.15) is 0 Å². The fourth-order valence-electron chi connectivity index (χ4n) is 1.95. The molecule has 0 saturated heterocycles. The smallest absolute Gasteiger partial charge is 0.230 e. The van der Waals surface area contributed by atoms with Crippen LogP contribution >= 0.6 is 35.0 Å². The second kappa shape index (κ2) is 9.06. The second-order valence-electron chi connectivity index (χ2n) is 4.82. The zero-order valence-corrected chi connectivity index (χ0v) is 15.0. The third-order valence-electron chi connectivity index (χ3n) is 3.17. The van der Waals surface area contributed by atoms with Gasteiger partial charge < -0.3 is 10.1 Å². The summed E-state index contributed by atoms with van der Waals surface area (Å²) in [5.74, 6) is 1.71. The van der Waals surface area contributed by atoms with E-state index in [0.717, 1.165) is 16.9 Å². The van der Waals surface area contributed by atoms with Gasteiger partial charge in [-0.25, -0.2) is 0 Å². The molecule has 2 rings (SSSR count). The zero-order chi connectivity index (χ0) is 16.7. The summed E-state index contributed by atoms with van der Waals surface area (Å²) < 4.78 is 5.16. The van der Waals surface area contributed by atoms with Crippen LogP contribution in [0.5, 0.6) is 5.75 Å². The maximum absolute atomic E-state index is 11.9. The van der Waals surface area contributed by atoms with Gasteiger partial charge in [-0.15, -0.1) is 11.8 Å². The summed E-state index contributed by atoms with van der Waals surface area (Å²) in [4.78, 5) is 11.9. The minimum absolute atomic E-state index is 0.0269. The molecule has 122 valence electrons. The molecule has 23 heavy (non-hydrogen) atoms. The minimum atomic E-state index is -0.0269. The normalized spacial score (nSPS) is 10.4. The molecule has 3 nitrogen and oxygen atoms in total. The number of carbonyl (C=O) groups excluding carboxylic acids is 1. The number of nitrogens with one attached hydrogen (secondary N) is 1. The summed E-state index contributed by atoms with van der Waals surface area (Å²) in [7, 11) is 1.62. The molecule has 0 heterocycles. The van der Waals surface area contributed by atoms with Crippen molar-refractivity contribution in [3.63, 3.8) is 0 Å². The Morgan fingerprint density at radius 1 is 1.17 bits per heavy atom. The summed E-state index contributed by atoms with van der Waals surface area (Å²) >= 11 is 13.7. The highest BCUT2D eigenvalue weighted by molar-refractivity contribution is 7.99. The van der Waals surface area contributed by atoms with Crippen LogP contribution < -0.4 is 10.1 Å². The van der Waals surface area contributed by atoms with Crippen molar-refractivity contribution in [2.24, 2.45) is 0 Å². The molecule has 0 aliphatic rings. The van der Waals surface area contributed by atoms with Crippen molar-refractivity contribution in [3.05, 3.63) is 63.6 Å². The van der Waals surface area contributed by atoms with Gasteiger partial charge in [0.25, 0.3) is 0 Å². The molecule has 1 N–H and O–H groups in total. The third kappa shape index (κ3) is 5.65. The predicted octanol–water partition coefficient (Wildman–Crippen LogP) is 4.55. The molecule has 0 aromatic heterocycles. The molecule has 0 bridgehead atoms. The number of rotatable bonds is 7. The van der Waals surface area contributed by atoms with E-state index in [1.165, 1.54) is 11.8 Å². The van der Waals surface area contributed by atoms with Crippen molar-refractivity contribution in [1.29, 1.82) is 0 Å². The molecular weight excluding hydrogens is 353 g/mol. The maximum Gasteiger partial charge on any atom is 0.230 e. The van der Waals surface area contributed by atoms with Crippen LogP contribution in [0.4, 0.5) is 0 Å². The topological polar surface area (TPSA) is 38.3 Å². The maximum atomic E-state index is 11.9. The Balaban J connectivity index is 1.77. The molecule has 6 heteroatoms. The van der Waals surface area contributed by atoms with E-state index in [1.54, 1.807) is 25.3 Å². The van der Waals surface area contributed by atoms with Gasteiger partial charge in [-0.05, 0) is 35.4 Å². The van der Waals surface area contributed by atoms with Gasteiger partial charge in [0.1, 0.15) is 5.75 Å². The lowest BCUT2D eigenvalue weighted by Crippen LogP contribution is -2.24. The Labute approximate surface area is 150 Å². The fraction of sp³-hybridized carbons (Fsp3) is 0.235. The number of hydrogen-bond acceptors (Lipinski definition) is 3. The molecule has 2 aromatic rings. The highest BCUT2D eigenvalue weighted by Crippen LogP contribution is 2.28. The molecule has 0 spiro atoms. The van der Waals surface area contributed by atoms with Crippen LogP contribution in [0.3, 0.4) is 0 Å². The standard InChI is InChI=1S/C17H17Cl2NO2S/c1-22-13-5-2-4-12(8-13)9-20-17(21)11-23-10-14-15(18)6-3-7-16(14)19/h2-8H,9-11H2,1H3,(H,20,21). The van der Waals surface area contributed by atoms with Gasteiger partial charge in [0, 0.05) is 22.3 Å². The lowest BCUT2D eigenvalue weighted by molar-refractivity contribution is -0.118. The molecular formula is C17H17Cl2NO2S. The molecule has 0 atom stereocenters. The average Bonchev–Trinajstić information content (AvgIpc) is 2.56. The molecule has 1 amide bonds. The van der Waals surface area contributed by atoms with Crippen LogP contribution in [-0.2, 0) is 17.1 Å². The average molecular weight is 370 g/mol. The van der Waals surface area contributed by atoms with E-state index in [2.05, 4.69) is 5.32 Å². The lowest BCUT2D eigenvalue weighted by atomic mass is 10.2. The summed E-state index contributed by atoms with van der Waals surface area (Å²) in [6.45, 7) is 0.476. The van der Waals surface area contributed by atoms with Crippen LogP contribution in [-0.4, -0.2) is 18.8 Å². The van der Waals surface area contributed by atoms with Crippen molar-refractivity contribution < 1.29 is 9.53 Å². The molecule has 0 radical (unpaired) electrons. The summed E-state index contributed by atoms with van der Waals surface area (Å²) in [6, 6.07) is 13.0. The van der Waals surface area contributed by atoms with Crippen molar-refractivity contribution in [2.75, 3.05) is 12.9 Å². The van der Waals surface area contributed by atoms with Crippen LogP contribution in [0.1, 0.15) is 11.1 Å². The van der Waals surface area contributed by atoms with Gasteiger partial charge >= 0.3 is 0 Å². The molecule has 2 aromatic carbocycles. The van der Waals surface area contributed by atoms with Gasteiger partial charge in [-0.1, -0.05) is 41.4 Å². The van der Waals surface area contributed by atoms with Crippen LogP contribution in [0.25, 0.3) is 0 Å². The number of ether oxygens (including phenoxy) is 1. The van der Waals surface area contributed by atoms with Crippen molar-refractivity contribution in [3.8, 4) is 5.75 Å². The molecule has 0 aliphatic heterocycles. The minimum Gasteiger partial charge on any atom is -0.497 e. The Kier molecular flexibility index (Phi) is 7.09. The quantitative estimate of drug-likeness (QED) is 0.777. The fourth-order valence-corrected chi connectivity index (χ4v) is 3.54. The first-order valence-corrected chi connectivity index (χ1v) is 8.91. The highest BCUT2D eigenvalue weighted by atomic mass is 35.5. The van der Waals surface area contributed by atoms with Crippen LogP contribution in [0.2, 0.25) is 10.0 Å². The largest absolute Gasteiger partial charge is 0.497 e. The van der Waals surface area contributed by atoms with E-state index in [0.29, 0.717) is 28.1 Å². The first kappa shape index (κ1) is 18.0. The molecule has 0 aliphatic carbocycles. The first-order valence-electron chi connectivity index (χ1n) is 7.00. The second-order valence-corrected chi connectivity index (χ2v) is 6.62. The highest BCUT2D eigenvalue weighted by Gasteiger charge is 2.07. The molecule has 0 fully saturated rings. The van der Waals surface area contributed by atoms with E-state index < -0.39 is 0 Å². The van der Waals surface area contributed by atoms with Gasteiger partial charge in [-0.3, -0.25) is 4.79 Å². The zero-order valence-electron chi connectivity index (χ0n) is 12.6. The number of hydrogen-bond donors (Lipinski definition) is 1. The SMILES string of the molecule is COc1cccc(CNC(=O)CSCc2c(Cl)cccc2Cl)c1. The van der Waals surface area contributed by atoms with Gasteiger partial charge in [0.15, 0.2) is 0 Å². The van der Waals surface area contributed by atoms with E-state index in [4.69, 9.17) is 27.9 Å². The summed E-state index contributed by atoms with van der Waals surface area (Å²) in [5.41, 5.74) is 1.86. The van der Waals surface area contributed by atoms with Crippen molar-refractivity contribution in [2.45, 2.75) is 12.3 Å². The molecule has 0 saturated carbocycles. The van der Waals surface area contributed by atoms with Crippen molar-refractivity contribution >= 4 is 40.9 Å². The number of amides is 1. The predicted molar refractivity (Wildman–Crippen MR) is 97.5 cm³/mol. The third-order valence-corrected chi connectivity index (χ3v) is 4.83. The lowest BCUT2D eigenvalue weighted by Gasteiger charge is -2.08. The number of benzene rings is 2. The Morgan fingerprint density at radius 2 is 1.87 bits per heavy atom. The monoisotopic (exact) mass is 369 g/mol. The number of halogens is 2. The van der Waals surface area contributed by atoms with E-state index in [-0.39, 0.29) is 5.91 Å². The van der Waals surface area contributed by atoms with Crippen LogP contribution in [0, 0.1) is 0 Å². The number of methoxy groups -OCH3 is 1. The number of thioether (sulfide) groups is 1. The summed E-state index contributed by atoms with van der Waals surface area (Å²) in [5, 5.41) is 4.14. The number of carbonyl (C=O) groups is 1. The van der Waals surface area contributed by atoms with E-state index in [9.17, 15) is 4.79 Å². The van der Waals surface area contributed by atoms with Gasteiger partial charge in [0.2, 0.25) is 5.91 Å². The van der Waals surface area contributed by atoms with Gasteiger partial charge in [0.05, 0.1) is 12.9 Å². The van der Waals surface area contributed by atoms with Crippen LogP contribution in [0.15, 0.2) is 42.5 Å². The Bertz CT molecular complexity index is 659. The Hall–Kier alpha value is -1.36. The first-order chi connectivity index (χ1) is 11.1. The van der Waals surface area contributed by atoms with Crippen molar-refractivity contribution in [1.82, 2.24) is 5.32 Å².